The Morgan fingerprint density at radius 2 is 1.06 bits per heavy atom. The maximum atomic E-state index is 15.1. The van der Waals surface area contributed by atoms with Gasteiger partial charge in [0.25, 0.3) is 0 Å². The topological polar surface area (TPSA) is 17.1 Å². The molecule has 0 N–H and O–H groups in total. The number of hydrogen-bond donors (Lipinski definition) is 0. The molecule has 0 atom stereocenters. The summed E-state index contributed by atoms with van der Waals surface area (Å²) >= 11 is 0. The predicted molar refractivity (Wildman–Crippen MR) is 138 cm³/mol. The molecule has 5 aromatic rings. The first-order valence-corrected chi connectivity index (χ1v) is 12.6. The van der Waals surface area contributed by atoms with Gasteiger partial charge in [0, 0.05) is 15.9 Å². The molecule has 0 aliphatic carbocycles. The molecule has 0 aromatic heterocycles. The van der Waals surface area contributed by atoms with Crippen molar-refractivity contribution < 1.29 is 4.57 Å². The Balaban J connectivity index is 1.89. The van der Waals surface area contributed by atoms with Crippen molar-refractivity contribution >= 4 is 33.8 Å². The van der Waals surface area contributed by atoms with E-state index in [0.29, 0.717) is 0 Å². The summed E-state index contributed by atoms with van der Waals surface area (Å²) in [6.45, 7) is 4.20. The molecule has 156 valence electrons. The van der Waals surface area contributed by atoms with E-state index < -0.39 is 7.14 Å². The monoisotopic (exact) mass is 432 g/mol. The fraction of sp³-hybridized carbons (Fsp3) is 0.0667. The summed E-state index contributed by atoms with van der Waals surface area (Å²) in [5.41, 5.74) is 4.56. The van der Waals surface area contributed by atoms with E-state index in [1.807, 2.05) is 60.7 Å². The van der Waals surface area contributed by atoms with Crippen LogP contribution in [0, 0.1) is 13.8 Å². The Labute approximate surface area is 189 Å². The number of fused-ring (bicyclic) bond motifs is 1. The van der Waals surface area contributed by atoms with Gasteiger partial charge in [-0.15, -0.1) is 0 Å². The summed E-state index contributed by atoms with van der Waals surface area (Å²) in [5, 5.41) is 4.96. The molecular weight excluding hydrogens is 407 g/mol. The first kappa shape index (κ1) is 20.5. The molecule has 0 amide bonds. The van der Waals surface area contributed by atoms with E-state index in [0.717, 1.165) is 38.0 Å². The second kappa shape index (κ2) is 8.26. The minimum atomic E-state index is -3.08. The fourth-order valence-electron chi connectivity index (χ4n) is 4.51. The summed E-state index contributed by atoms with van der Waals surface area (Å²) in [6.07, 6.45) is 0. The van der Waals surface area contributed by atoms with E-state index in [2.05, 4.69) is 68.4 Å². The second-order valence-corrected chi connectivity index (χ2v) is 11.0. The van der Waals surface area contributed by atoms with E-state index in [-0.39, 0.29) is 0 Å². The summed E-state index contributed by atoms with van der Waals surface area (Å²) in [4.78, 5) is 0. The normalized spacial score (nSPS) is 11.6. The van der Waals surface area contributed by atoms with Crippen molar-refractivity contribution in [1.82, 2.24) is 0 Å². The third-order valence-corrected chi connectivity index (χ3v) is 9.42. The van der Waals surface area contributed by atoms with Gasteiger partial charge in [-0.2, -0.15) is 0 Å². The Hall–Kier alpha value is -3.41. The van der Waals surface area contributed by atoms with E-state index in [1.54, 1.807) is 0 Å². The van der Waals surface area contributed by atoms with E-state index in [1.165, 1.54) is 10.9 Å². The smallest absolute Gasteiger partial charge is 0.171 e. The van der Waals surface area contributed by atoms with Gasteiger partial charge in [0.05, 0.1) is 0 Å². The lowest BCUT2D eigenvalue weighted by Gasteiger charge is -2.24. The van der Waals surface area contributed by atoms with Crippen LogP contribution in [-0.4, -0.2) is 0 Å². The molecule has 0 saturated carbocycles. The molecule has 0 bridgehead atoms. The van der Waals surface area contributed by atoms with E-state index in [4.69, 9.17) is 0 Å². The Morgan fingerprint density at radius 3 is 1.62 bits per heavy atom. The highest BCUT2D eigenvalue weighted by molar-refractivity contribution is 7.85. The number of benzene rings is 5. The summed E-state index contributed by atoms with van der Waals surface area (Å²) in [6, 6.07) is 39.0. The maximum Gasteiger partial charge on any atom is 0.171 e. The molecule has 0 unspecified atom stereocenters. The molecule has 0 fully saturated rings. The lowest BCUT2D eigenvalue weighted by Crippen LogP contribution is -2.27. The molecule has 0 aliphatic heterocycles. The number of aryl methyl sites for hydroxylation is 2. The molecule has 0 heterocycles. The summed E-state index contributed by atoms with van der Waals surface area (Å²) < 4.78 is 15.1. The van der Waals surface area contributed by atoms with Crippen LogP contribution in [0.1, 0.15) is 11.1 Å². The second-order valence-electron chi connectivity index (χ2n) is 8.26. The van der Waals surface area contributed by atoms with Crippen LogP contribution in [0.25, 0.3) is 21.9 Å². The fourth-order valence-corrected chi connectivity index (χ4v) is 7.45. The molecule has 1 nitrogen and oxygen atoms in total. The molecule has 0 spiro atoms. The average Bonchev–Trinajstić information content (AvgIpc) is 2.86. The Kier molecular flexibility index (Phi) is 5.29. The number of hydrogen-bond acceptors (Lipinski definition) is 1. The van der Waals surface area contributed by atoms with Crippen LogP contribution in [0.3, 0.4) is 0 Å². The highest BCUT2D eigenvalue weighted by Gasteiger charge is 2.32. The van der Waals surface area contributed by atoms with Crippen molar-refractivity contribution in [1.29, 1.82) is 0 Å². The zero-order valence-corrected chi connectivity index (χ0v) is 19.2. The third-order valence-electron chi connectivity index (χ3n) is 6.23. The van der Waals surface area contributed by atoms with Crippen LogP contribution >= 0.6 is 7.14 Å². The van der Waals surface area contributed by atoms with Gasteiger partial charge in [0.1, 0.15) is 0 Å². The van der Waals surface area contributed by atoms with Gasteiger partial charge in [-0.05, 0) is 47.4 Å². The minimum absolute atomic E-state index is 0.861. The largest absolute Gasteiger partial charge is 0.309 e. The van der Waals surface area contributed by atoms with E-state index in [9.17, 15) is 0 Å². The average molecular weight is 433 g/mol. The lowest BCUT2D eigenvalue weighted by molar-refractivity contribution is 0.592. The quantitative estimate of drug-likeness (QED) is 0.287. The van der Waals surface area contributed by atoms with Gasteiger partial charge < -0.3 is 4.57 Å². The highest BCUT2D eigenvalue weighted by Crippen LogP contribution is 2.46. The standard InChI is InChI=1S/C30H25OP/c1-22-17-19-24(20-18-22)29-21-30(23(2)27-15-9-10-16-28(27)29)32(31,25-11-5-3-6-12-25)26-13-7-4-8-14-26/h3-21H,1-2H3. The van der Waals surface area contributed by atoms with Gasteiger partial charge in [-0.25, -0.2) is 0 Å². The molecule has 5 rings (SSSR count). The van der Waals surface area contributed by atoms with E-state index >= 15 is 4.57 Å². The molecule has 2 heteroatoms. The SMILES string of the molecule is Cc1ccc(-c2cc(P(=O)(c3ccccc3)c3ccccc3)c(C)c3ccccc23)cc1. The van der Waals surface area contributed by atoms with Gasteiger partial charge in [-0.1, -0.05) is 115 Å². The highest BCUT2D eigenvalue weighted by atomic mass is 31.2. The van der Waals surface area contributed by atoms with Crippen LogP contribution in [-0.2, 0) is 4.57 Å². The van der Waals surface area contributed by atoms with Crippen LogP contribution in [0.15, 0.2) is 115 Å². The first-order valence-electron chi connectivity index (χ1n) is 10.9. The van der Waals surface area contributed by atoms with Crippen molar-refractivity contribution in [3.8, 4) is 11.1 Å². The summed E-state index contributed by atoms with van der Waals surface area (Å²) in [7, 11) is -3.08. The summed E-state index contributed by atoms with van der Waals surface area (Å²) in [5.74, 6) is 0. The zero-order valence-electron chi connectivity index (χ0n) is 18.3. The molecule has 32 heavy (non-hydrogen) atoms. The van der Waals surface area contributed by atoms with Crippen LogP contribution in [0.4, 0.5) is 0 Å². The Morgan fingerprint density at radius 1 is 0.562 bits per heavy atom. The maximum absolute atomic E-state index is 15.1. The predicted octanol–water partition coefficient (Wildman–Crippen LogP) is 6.76. The van der Waals surface area contributed by atoms with Crippen molar-refractivity contribution in [3.63, 3.8) is 0 Å². The van der Waals surface area contributed by atoms with Gasteiger partial charge >= 0.3 is 0 Å². The molecule has 0 radical (unpaired) electrons. The van der Waals surface area contributed by atoms with Gasteiger partial charge in [-0.3, -0.25) is 0 Å². The Bertz CT molecular complexity index is 1390. The van der Waals surface area contributed by atoms with Crippen LogP contribution < -0.4 is 15.9 Å². The lowest BCUT2D eigenvalue weighted by atomic mass is 9.95. The van der Waals surface area contributed by atoms with Crippen molar-refractivity contribution in [2.75, 3.05) is 0 Å². The van der Waals surface area contributed by atoms with Crippen molar-refractivity contribution in [2.45, 2.75) is 13.8 Å². The van der Waals surface area contributed by atoms with Crippen molar-refractivity contribution in [2.24, 2.45) is 0 Å². The van der Waals surface area contributed by atoms with Gasteiger partial charge in [0.2, 0.25) is 0 Å². The van der Waals surface area contributed by atoms with Crippen LogP contribution in [0.5, 0.6) is 0 Å². The molecule has 0 saturated heterocycles. The van der Waals surface area contributed by atoms with Crippen LogP contribution in [0.2, 0.25) is 0 Å². The molecule has 0 aliphatic rings. The van der Waals surface area contributed by atoms with Crippen molar-refractivity contribution in [3.05, 3.63) is 126 Å². The minimum Gasteiger partial charge on any atom is -0.309 e. The van der Waals surface area contributed by atoms with Gasteiger partial charge in [0.15, 0.2) is 7.14 Å². The third kappa shape index (κ3) is 3.40. The zero-order chi connectivity index (χ0) is 22.1. The molecule has 5 aromatic carbocycles. The molecular formula is C30H25OP. The first-order chi connectivity index (χ1) is 15.6. The number of rotatable bonds is 4.